The summed E-state index contributed by atoms with van der Waals surface area (Å²) < 4.78 is 10.6. The summed E-state index contributed by atoms with van der Waals surface area (Å²) in [5.74, 6) is 2.41. The zero-order valence-corrected chi connectivity index (χ0v) is 16.0. The van der Waals surface area contributed by atoms with Crippen molar-refractivity contribution in [1.29, 1.82) is 0 Å². The normalized spacial score (nSPS) is 10.6. The van der Waals surface area contributed by atoms with Crippen LogP contribution in [0.3, 0.4) is 0 Å². The largest absolute Gasteiger partial charge is 0.497 e. The van der Waals surface area contributed by atoms with Crippen LogP contribution in [0.15, 0.2) is 76.5 Å². The van der Waals surface area contributed by atoms with E-state index in [1.54, 1.807) is 37.5 Å². The first-order chi connectivity index (χ1) is 13.2. The minimum absolute atomic E-state index is 0.0938. The van der Waals surface area contributed by atoms with Gasteiger partial charge in [-0.05, 0) is 48.0 Å². The summed E-state index contributed by atoms with van der Waals surface area (Å²) in [4.78, 5) is 19.9. The molecule has 5 nitrogen and oxygen atoms in total. The molecule has 6 heteroatoms. The first kappa shape index (κ1) is 19.0. The van der Waals surface area contributed by atoms with Crippen molar-refractivity contribution in [2.45, 2.75) is 24.4 Å². The highest BCUT2D eigenvalue weighted by Crippen LogP contribution is 2.22. The third kappa shape index (κ3) is 5.89. The molecular formula is C21H22N2O3S. The van der Waals surface area contributed by atoms with Gasteiger partial charge in [-0.2, -0.15) is 0 Å². The number of methoxy groups -OCH3 is 1. The molecular weight excluding hydrogens is 360 g/mol. The maximum atomic E-state index is 12.8. The SMILES string of the molecule is COc1ccc(SCCC(=O)N(Cc2cccnc2)Cc2ccco2)cc1. The second-order valence-electron chi connectivity index (χ2n) is 5.96. The van der Waals surface area contributed by atoms with Crippen molar-refractivity contribution in [2.24, 2.45) is 0 Å². The van der Waals surface area contributed by atoms with Gasteiger partial charge in [-0.25, -0.2) is 0 Å². The smallest absolute Gasteiger partial charge is 0.224 e. The molecule has 27 heavy (non-hydrogen) atoms. The summed E-state index contributed by atoms with van der Waals surface area (Å²) in [5.41, 5.74) is 1.00. The van der Waals surface area contributed by atoms with Gasteiger partial charge in [0, 0.05) is 36.0 Å². The van der Waals surface area contributed by atoms with Gasteiger partial charge in [0.1, 0.15) is 11.5 Å². The Hall–Kier alpha value is -2.73. The molecule has 0 aliphatic heterocycles. The van der Waals surface area contributed by atoms with E-state index in [0.29, 0.717) is 25.3 Å². The lowest BCUT2D eigenvalue weighted by Crippen LogP contribution is -2.30. The summed E-state index contributed by atoms with van der Waals surface area (Å²) in [5, 5.41) is 0. The van der Waals surface area contributed by atoms with Crippen LogP contribution < -0.4 is 4.74 Å². The molecule has 0 saturated heterocycles. The zero-order chi connectivity index (χ0) is 18.9. The fraction of sp³-hybridized carbons (Fsp3) is 0.238. The van der Waals surface area contributed by atoms with Crippen LogP contribution in [0.5, 0.6) is 5.75 Å². The van der Waals surface area contributed by atoms with E-state index in [-0.39, 0.29) is 5.91 Å². The molecule has 0 atom stereocenters. The Balaban J connectivity index is 1.57. The maximum absolute atomic E-state index is 12.8. The van der Waals surface area contributed by atoms with Gasteiger partial charge >= 0.3 is 0 Å². The Morgan fingerprint density at radius 3 is 2.67 bits per heavy atom. The number of pyridine rings is 1. The number of aromatic nitrogens is 1. The van der Waals surface area contributed by atoms with Crippen molar-refractivity contribution in [1.82, 2.24) is 9.88 Å². The molecule has 140 valence electrons. The Morgan fingerprint density at radius 2 is 2.00 bits per heavy atom. The van der Waals surface area contributed by atoms with Gasteiger partial charge in [0.15, 0.2) is 0 Å². The number of carbonyl (C=O) groups excluding carboxylic acids is 1. The van der Waals surface area contributed by atoms with Crippen LogP contribution >= 0.6 is 11.8 Å². The van der Waals surface area contributed by atoms with E-state index in [1.165, 1.54) is 0 Å². The Labute approximate surface area is 163 Å². The van der Waals surface area contributed by atoms with Gasteiger partial charge in [-0.1, -0.05) is 6.07 Å². The molecule has 0 aliphatic carbocycles. The van der Waals surface area contributed by atoms with Crippen LogP contribution in [-0.4, -0.2) is 28.7 Å². The van der Waals surface area contributed by atoms with E-state index >= 15 is 0 Å². The van der Waals surface area contributed by atoms with E-state index < -0.39 is 0 Å². The molecule has 0 spiro atoms. The highest BCUT2D eigenvalue weighted by atomic mass is 32.2. The fourth-order valence-corrected chi connectivity index (χ4v) is 3.46. The molecule has 0 bridgehead atoms. The third-order valence-electron chi connectivity index (χ3n) is 4.02. The summed E-state index contributed by atoms with van der Waals surface area (Å²) in [6, 6.07) is 15.4. The minimum Gasteiger partial charge on any atom is -0.497 e. The van der Waals surface area contributed by atoms with E-state index in [2.05, 4.69) is 4.98 Å². The van der Waals surface area contributed by atoms with Crippen LogP contribution in [0.2, 0.25) is 0 Å². The molecule has 1 aromatic carbocycles. The molecule has 3 rings (SSSR count). The van der Waals surface area contributed by atoms with Gasteiger partial charge in [0.25, 0.3) is 0 Å². The first-order valence-electron chi connectivity index (χ1n) is 8.70. The number of hydrogen-bond donors (Lipinski definition) is 0. The number of rotatable bonds is 9. The summed E-state index contributed by atoms with van der Waals surface area (Å²) in [6.07, 6.45) is 5.60. The summed E-state index contributed by atoms with van der Waals surface area (Å²) in [7, 11) is 1.65. The molecule has 3 aromatic rings. The van der Waals surface area contributed by atoms with Gasteiger partial charge < -0.3 is 14.1 Å². The summed E-state index contributed by atoms with van der Waals surface area (Å²) >= 11 is 1.66. The lowest BCUT2D eigenvalue weighted by atomic mass is 10.2. The first-order valence-corrected chi connectivity index (χ1v) is 9.69. The van der Waals surface area contributed by atoms with Crippen LogP contribution in [0.1, 0.15) is 17.7 Å². The number of benzene rings is 1. The predicted molar refractivity (Wildman–Crippen MR) is 106 cm³/mol. The highest BCUT2D eigenvalue weighted by molar-refractivity contribution is 7.99. The average Bonchev–Trinajstić information content (AvgIpc) is 3.22. The Bertz CT molecular complexity index is 820. The topological polar surface area (TPSA) is 55.6 Å². The third-order valence-corrected chi connectivity index (χ3v) is 5.03. The molecule has 1 amide bonds. The number of carbonyl (C=O) groups is 1. The fourth-order valence-electron chi connectivity index (χ4n) is 2.62. The highest BCUT2D eigenvalue weighted by Gasteiger charge is 2.16. The molecule has 0 unspecified atom stereocenters. The van der Waals surface area contributed by atoms with Gasteiger partial charge in [0.05, 0.1) is 19.9 Å². The standard InChI is InChI=1S/C21H22N2O3S/c1-25-18-6-8-20(9-7-18)27-13-10-21(24)23(16-19-5-3-12-26-19)15-17-4-2-11-22-14-17/h2-9,11-12,14H,10,13,15-16H2,1H3. The van der Waals surface area contributed by atoms with Crippen molar-refractivity contribution < 1.29 is 13.9 Å². The van der Waals surface area contributed by atoms with E-state index in [9.17, 15) is 4.79 Å². The van der Waals surface area contributed by atoms with Crippen LogP contribution in [0, 0.1) is 0 Å². The van der Waals surface area contributed by atoms with E-state index in [0.717, 1.165) is 22.0 Å². The summed E-state index contributed by atoms with van der Waals surface area (Å²) in [6.45, 7) is 0.967. The Kier molecular flexibility index (Phi) is 6.93. The number of amides is 1. The molecule has 0 radical (unpaired) electrons. The van der Waals surface area contributed by atoms with Gasteiger partial charge in [-0.3, -0.25) is 9.78 Å². The lowest BCUT2D eigenvalue weighted by molar-refractivity contribution is -0.132. The monoisotopic (exact) mass is 382 g/mol. The molecule has 0 fully saturated rings. The van der Waals surface area contributed by atoms with Crippen LogP contribution in [-0.2, 0) is 17.9 Å². The van der Waals surface area contributed by atoms with Crippen molar-refractivity contribution >= 4 is 17.7 Å². The minimum atomic E-state index is 0.0938. The van der Waals surface area contributed by atoms with E-state index in [4.69, 9.17) is 9.15 Å². The van der Waals surface area contributed by atoms with Crippen molar-refractivity contribution in [3.63, 3.8) is 0 Å². The number of ether oxygens (including phenoxy) is 1. The molecule has 0 saturated carbocycles. The number of nitrogens with zero attached hydrogens (tertiary/aromatic N) is 2. The predicted octanol–water partition coefficient (Wildman–Crippen LogP) is 4.39. The second-order valence-corrected chi connectivity index (χ2v) is 7.13. The zero-order valence-electron chi connectivity index (χ0n) is 15.2. The number of thioether (sulfide) groups is 1. The van der Waals surface area contributed by atoms with Gasteiger partial charge in [-0.15, -0.1) is 11.8 Å². The molecule has 0 aliphatic rings. The average molecular weight is 382 g/mol. The number of hydrogen-bond acceptors (Lipinski definition) is 5. The quantitative estimate of drug-likeness (QED) is 0.514. The maximum Gasteiger partial charge on any atom is 0.224 e. The van der Waals surface area contributed by atoms with E-state index in [1.807, 2.05) is 53.4 Å². The van der Waals surface area contributed by atoms with Crippen molar-refractivity contribution in [3.8, 4) is 5.75 Å². The molecule has 2 aromatic heterocycles. The number of furan rings is 1. The lowest BCUT2D eigenvalue weighted by Gasteiger charge is -2.21. The molecule has 2 heterocycles. The van der Waals surface area contributed by atoms with Crippen molar-refractivity contribution in [3.05, 3.63) is 78.5 Å². The van der Waals surface area contributed by atoms with Crippen molar-refractivity contribution in [2.75, 3.05) is 12.9 Å². The van der Waals surface area contributed by atoms with Crippen LogP contribution in [0.25, 0.3) is 0 Å². The second kappa shape index (κ2) is 9.83. The van der Waals surface area contributed by atoms with Gasteiger partial charge in [0.2, 0.25) is 5.91 Å². The van der Waals surface area contributed by atoms with Crippen LogP contribution in [0.4, 0.5) is 0 Å². The Morgan fingerprint density at radius 1 is 1.15 bits per heavy atom. The molecule has 0 N–H and O–H groups in total.